The van der Waals surface area contributed by atoms with E-state index in [1.165, 1.54) is 18.2 Å². The quantitative estimate of drug-likeness (QED) is 0.354. The minimum absolute atomic E-state index is 0.320. The number of nitrogens with zero attached hydrogens (tertiary/aromatic N) is 2. The third kappa shape index (κ3) is 2.97. The first kappa shape index (κ1) is 12.0. The molecule has 0 aromatic heterocycles. The molecule has 3 N–H and O–H groups in total. The summed E-state index contributed by atoms with van der Waals surface area (Å²) >= 11 is 0. The van der Waals surface area contributed by atoms with Gasteiger partial charge in [-0.05, 0) is 12.1 Å². The van der Waals surface area contributed by atoms with Gasteiger partial charge in [-0.3, -0.25) is 0 Å². The highest BCUT2D eigenvalue weighted by Gasteiger charge is 2.33. The minimum atomic E-state index is -4.50. The lowest BCUT2D eigenvalue weighted by Crippen LogP contribution is -2.13. The molecule has 0 saturated heterocycles. The summed E-state index contributed by atoms with van der Waals surface area (Å²) in [5.41, 5.74) is 3.98. The minimum Gasteiger partial charge on any atom is -0.411 e. The van der Waals surface area contributed by atoms with Gasteiger partial charge in [-0.15, -0.1) is 0 Å². The molecule has 0 radical (unpaired) electrons. The number of oxime groups is 1. The van der Waals surface area contributed by atoms with Crippen LogP contribution in [0.15, 0.2) is 34.4 Å². The average Bonchev–Trinajstić information content (AvgIpc) is 2.17. The largest absolute Gasteiger partial charge is 0.418 e. The van der Waals surface area contributed by atoms with E-state index in [2.05, 4.69) is 10.1 Å². The second-order valence-electron chi connectivity index (χ2n) is 2.80. The molecule has 0 amide bonds. The van der Waals surface area contributed by atoms with E-state index >= 15 is 0 Å². The Kier molecular flexibility index (Phi) is 3.49. The highest BCUT2D eigenvalue weighted by molar-refractivity contribution is 6.29. The fourth-order valence-corrected chi connectivity index (χ4v) is 1.04. The molecule has 1 aromatic rings. The highest BCUT2D eigenvalue weighted by atomic mass is 19.4. The van der Waals surface area contributed by atoms with Crippen molar-refractivity contribution in [3.8, 4) is 0 Å². The van der Waals surface area contributed by atoms with E-state index in [4.69, 9.17) is 10.9 Å². The molecular weight excluding hydrogens is 223 g/mol. The third-order valence-electron chi connectivity index (χ3n) is 1.65. The van der Waals surface area contributed by atoms with Crippen molar-refractivity contribution in [1.29, 1.82) is 0 Å². The smallest absolute Gasteiger partial charge is 0.411 e. The summed E-state index contributed by atoms with van der Waals surface area (Å²) in [4.78, 5) is 3.48. The maximum Gasteiger partial charge on any atom is 0.418 e. The van der Waals surface area contributed by atoms with Crippen molar-refractivity contribution in [2.45, 2.75) is 6.18 Å². The molecule has 0 aliphatic carbocycles. The first-order valence-electron chi connectivity index (χ1n) is 4.13. The van der Waals surface area contributed by atoms with Crippen molar-refractivity contribution < 1.29 is 18.4 Å². The van der Waals surface area contributed by atoms with Gasteiger partial charge in [-0.25, -0.2) is 4.99 Å². The second kappa shape index (κ2) is 4.65. The molecule has 16 heavy (non-hydrogen) atoms. The van der Waals surface area contributed by atoms with Gasteiger partial charge >= 0.3 is 6.18 Å². The van der Waals surface area contributed by atoms with Crippen LogP contribution < -0.4 is 5.73 Å². The van der Waals surface area contributed by atoms with Crippen molar-refractivity contribution in [3.63, 3.8) is 0 Å². The number of para-hydroxylation sites is 1. The molecule has 7 heteroatoms. The van der Waals surface area contributed by atoms with Crippen LogP contribution in [0.4, 0.5) is 18.9 Å². The number of alkyl halides is 3. The molecule has 0 fully saturated rings. The summed E-state index contributed by atoms with van der Waals surface area (Å²) in [6.45, 7) is 0. The van der Waals surface area contributed by atoms with Crippen LogP contribution in [0.3, 0.4) is 0 Å². The molecule has 0 atom stereocenters. The molecule has 86 valence electrons. The topological polar surface area (TPSA) is 71.0 Å². The lowest BCUT2D eigenvalue weighted by molar-refractivity contribution is -0.137. The van der Waals surface area contributed by atoms with Gasteiger partial charge in [0.05, 0.1) is 11.3 Å². The summed E-state index contributed by atoms with van der Waals surface area (Å²) in [6.07, 6.45) is -3.76. The molecule has 0 unspecified atom stereocenters. The van der Waals surface area contributed by atoms with E-state index in [9.17, 15) is 13.2 Å². The summed E-state index contributed by atoms with van der Waals surface area (Å²) in [6, 6.07) is 4.71. The zero-order chi connectivity index (χ0) is 12.2. The Hall–Kier alpha value is -2.05. The van der Waals surface area contributed by atoms with E-state index < -0.39 is 11.7 Å². The Morgan fingerprint density at radius 2 is 1.94 bits per heavy atom. The number of hydrogen-bond donors (Lipinski definition) is 2. The van der Waals surface area contributed by atoms with Crippen molar-refractivity contribution in [2.75, 3.05) is 0 Å². The summed E-state index contributed by atoms with van der Waals surface area (Å²) in [5, 5.41) is 10.7. The number of amidine groups is 1. The molecule has 4 nitrogen and oxygen atoms in total. The van der Waals surface area contributed by atoms with Gasteiger partial charge in [-0.2, -0.15) is 13.2 Å². The average molecular weight is 231 g/mol. The zero-order valence-electron chi connectivity index (χ0n) is 7.94. The number of benzene rings is 1. The molecular formula is C9H8F3N3O. The van der Waals surface area contributed by atoms with Crippen LogP contribution in [0.5, 0.6) is 0 Å². The van der Waals surface area contributed by atoms with Crippen LogP contribution in [0.1, 0.15) is 5.56 Å². The van der Waals surface area contributed by atoms with Gasteiger partial charge in [-0.1, -0.05) is 17.3 Å². The standard InChI is InChI=1S/C9H8F3N3O/c10-9(11,12)6-3-1-2-4-7(6)15-8(13)5-14-16/h1-5,16H,(H2,13,15). The lowest BCUT2D eigenvalue weighted by Gasteiger charge is -2.09. The van der Waals surface area contributed by atoms with Crippen molar-refractivity contribution >= 4 is 17.7 Å². The van der Waals surface area contributed by atoms with Crippen molar-refractivity contribution in [2.24, 2.45) is 15.9 Å². The van der Waals surface area contributed by atoms with Gasteiger partial charge in [0.25, 0.3) is 0 Å². The second-order valence-corrected chi connectivity index (χ2v) is 2.80. The number of aliphatic imine (C=N–C) groups is 1. The molecule has 1 aromatic carbocycles. The van der Waals surface area contributed by atoms with Crippen LogP contribution in [-0.4, -0.2) is 17.3 Å². The van der Waals surface area contributed by atoms with Crippen molar-refractivity contribution in [1.82, 2.24) is 0 Å². The zero-order valence-corrected chi connectivity index (χ0v) is 7.94. The molecule has 0 aliphatic rings. The predicted octanol–water partition coefficient (Wildman–Crippen LogP) is 2.15. The van der Waals surface area contributed by atoms with Gasteiger partial charge < -0.3 is 10.9 Å². The van der Waals surface area contributed by atoms with Crippen LogP contribution in [-0.2, 0) is 6.18 Å². The molecule has 0 heterocycles. The Bertz CT molecular complexity index is 426. The third-order valence-corrected chi connectivity index (χ3v) is 1.65. The fraction of sp³-hybridized carbons (Fsp3) is 0.111. The normalized spacial score (nSPS) is 13.3. The number of hydrogen-bond acceptors (Lipinski definition) is 3. The number of halogens is 3. The molecule has 0 aliphatic heterocycles. The van der Waals surface area contributed by atoms with Crippen molar-refractivity contribution in [3.05, 3.63) is 29.8 Å². The van der Waals surface area contributed by atoms with Crippen LogP contribution >= 0.6 is 0 Å². The van der Waals surface area contributed by atoms with E-state index in [1.807, 2.05) is 0 Å². The van der Waals surface area contributed by atoms with E-state index in [0.29, 0.717) is 0 Å². The Balaban J connectivity index is 3.20. The SMILES string of the molecule is NC(C=NO)=Nc1ccccc1C(F)(F)F. The van der Waals surface area contributed by atoms with Crippen LogP contribution in [0, 0.1) is 0 Å². The van der Waals surface area contributed by atoms with E-state index in [0.717, 1.165) is 12.3 Å². The van der Waals surface area contributed by atoms with Crippen LogP contribution in [0.25, 0.3) is 0 Å². The van der Waals surface area contributed by atoms with Gasteiger partial charge in [0.15, 0.2) is 0 Å². The van der Waals surface area contributed by atoms with E-state index in [-0.39, 0.29) is 11.5 Å². The molecule has 0 saturated carbocycles. The Labute approximate surface area is 88.9 Å². The molecule has 1 rings (SSSR count). The molecule has 0 spiro atoms. The number of rotatable bonds is 2. The number of nitrogens with two attached hydrogens (primary N) is 1. The maximum absolute atomic E-state index is 12.5. The molecule has 0 bridgehead atoms. The fourth-order valence-electron chi connectivity index (χ4n) is 1.04. The predicted molar refractivity (Wildman–Crippen MR) is 53.0 cm³/mol. The summed E-state index contributed by atoms with van der Waals surface area (Å²) < 4.78 is 37.5. The summed E-state index contributed by atoms with van der Waals surface area (Å²) in [7, 11) is 0. The highest BCUT2D eigenvalue weighted by Crippen LogP contribution is 2.35. The first-order valence-corrected chi connectivity index (χ1v) is 4.13. The summed E-state index contributed by atoms with van der Waals surface area (Å²) in [5.74, 6) is -0.320. The van der Waals surface area contributed by atoms with Gasteiger partial charge in [0.2, 0.25) is 0 Å². The van der Waals surface area contributed by atoms with Gasteiger partial charge in [0, 0.05) is 0 Å². The Morgan fingerprint density at radius 1 is 1.31 bits per heavy atom. The lowest BCUT2D eigenvalue weighted by atomic mass is 10.2. The van der Waals surface area contributed by atoms with Crippen LogP contribution in [0.2, 0.25) is 0 Å². The van der Waals surface area contributed by atoms with Gasteiger partial charge in [0.1, 0.15) is 12.1 Å². The monoisotopic (exact) mass is 231 g/mol. The maximum atomic E-state index is 12.5. The Morgan fingerprint density at radius 3 is 2.50 bits per heavy atom. The first-order chi connectivity index (χ1) is 7.45. The van der Waals surface area contributed by atoms with E-state index in [1.54, 1.807) is 0 Å².